The third-order valence-electron chi connectivity index (χ3n) is 2.03. The molecule has 0 radical (unpaired) electrons. The fourth-order valence-corrected chi connectivity index (χ4v) is 2.28. The van der Waals surface area contributed by atoms with Gasteiger partial charge in [-0.25, -0.2) is 9.97 Å². The van der Waals surface area contributed by atoms with Crippen LogP contribution in [0.2, 0.25) is 0 Å². The molecule has 0 unspecified atom stereocenters. The first-order chi connectivity index (χ1) is 6.38. The van der Waals surface area contributed by atoms with Crippen molar-refractivity contribution in [1.29, 1.82) is 0 Å². The lowest BCUT2D eigenvalue weighted by Crippen LogP contribution is -2.33. The average molecular weight is 196 g/mol. The number of thioether (sulfide) groups is 1. The Labute approximate surface area is 81.5 Å². The van der Waals surface area contributed by atoms with Crippen LogP contribution < -0.4 is 10.6 Å². The van der Waals surface area contributed by atoms with Gasteiger partial charge in [0.2, 0.25) is 0 Å². The van der Waals surface area contributed by atoms with Crippen LogP contribution in [0.4, 0.5) is 11.5 Å². The number of aromatic nitrogens is 2. The van der Waals surface area contributed by atoms with Crippen LogP contribution in [0.15, 0.2) is 12.5 Å². The zero-order valence-electron chi connectivity index (χ0n) is 7.31. The molecule has 2 N–H and O–H groups in total. The Morgan fingerprint density at radius 1 is 1.38 bits per heavy atom. The highest BCUT2D eigenvalue weighted by molar-refractivity contribution is 7.99. The second-order valence-corrected chi connectivity index (χ2v) is 4.13. The molecule has 1 fully saturated rings. The Morgan fingerprint density at radius 2 is 2.15 bits per heavy atom. The highest BCUT2D eigenvalue weighted by Gasteiger charge is 2.14. The molecule has 2 heterocycles. The molecule has 0 saturated carbocycles. The minimum absolute atomic E-state index is 0.675. The highest BCUT2D eigenvalue weighted by atomic mass is 32.2. The van der Waals surface area contributed by atoms with Crippen molar-refractivity contribution < 1.29 is 0 Å². The van der Waals surface area contributed by atoms with Crippen molar-refractivity contribution in [3.05, 3.63) is 12.5 Å². The van der Waals surface area contributed by atoms with Gasteiger partial charge >= 0.3 is 0 Å². The van der Waals surface area contributed by atoms with Gasteiger partial charge in [0.25, 0.3) is 0 Å². The van der Waals surface area contributed by atoms with E-state index in [1.807, 2.05) is 11.8 Å². The number of hydrogen-bond acceptors (Lipinski definition) is 5. The molecule has 1 aromatic heterocycles. The van der Waals surface area contributed by atoms with E-state index in [-0.39, 0.29) is 0 Å². The molecule has 4 nitrogen and oxygen atoms in total. The van der Waals surface area contributed by atoms with Crippen molar-refractivity contribution in [2.24, 2.45) is 0 Å². The summed E-state index contributed by atoms with van der Waals surface area (Å²) in [4.78, 5) is 10.3. The van der Waals surface area contributed by atoms with Gasteiger partial charge < -0.3 is 10.6 Å². The van der Waals surface area contributed by atoms with E-state index >= 15 is 0 Å². The van der Waals surface area contributed by atoms with Gasteiger partial charge in [0.15, 0.2) is 5.82 Å². The van der Waals surface area contributed by atoms with E-state index in [1.165, 1.54) is 0 Å². The predicted molar refractivity (Wildman–Crippen MR) is 56.0 cm³/mol. The van der Waals surface area contributed by atoms with Crippen molar-refractivity contribution in [3.8, 4) is 0 Å². The van der Waals surface area contributed by atoms with Crippen LogP contribution in [-0.2, 0) is 0 Å². The summed E-state index contributed by atoms with van der Waals surface area (Å²) in [5, 5.41) is 0. The van der Waals surface area contributed by atoms with Crippen LogP contribution in [0.25, 0.3) is 0 Å². The van der Waals surface area contributed by atoms with Crippen molar-refractivity contribution in [3.63, 3.8) is 0 Å². The van der Waals surface area contributed by atoms with E-state index in [9.17, 15) is 0 Å². The van der Waals surface area contributed by atoms with Crippen molar-refractivity contribution in [2.75, 3.05) is 35.2 Å². The second-order valence-electron chi connectivity index (χ2n) is 2.90. The fraction of sp³-hybridized carbons (Fsp3) is 0.500. The maximum atomic E-state index is 5.78. The number of nitrogens with two attached hydrogens (primary N) is 1. The van der Waals surface area contributed by atoms with Gasteiger partial charge in [-0.2, -0.15) is 11.8 Å². The van der Waals surface area contributed by atoms with E-state index < -0.39 is 0 Å². The molecular weight excluding hydrogens is 184 g/mol. The number of nitrogens with zero attached hydrogens (tertiary/aromatic N) is 3. The molecule has 70 valence electrons. The lowest BCUT2D eigenvalue weighted by atomic mass is 10.4. The van der Waals surface area contributed by atoms with Crippen LogP contribution in [-0.4, -0.2) is 34.6 Å². The third-order valence-corrected chi connectivity index (χ3v) is 2.97. The van der Waals surface area contributed by atoms with Gasteiger partial charge in [0.1, 0.15) is 6.33 Å². The maximum Gasteiger partial charge on any atom is 0.155 e. The van der Waals surface area contributed by atoms with Crippen LogP contribution in [0.5, 0.6) is 0 Å². The molecule has 1 aliphatic heterocycles. The molecule has 1 aliphatic rings. The summed E-state index contributed by atoms with van der Waals surface area (Å²) in [5.41, 5.74) is 6.45. The first-order valence-electron chi connectivity index (χ1n) is 4.26. The average Bonchev–Trinajstić information content (AvgIpc) is 2.20. The van der Waals surface area contributed by atoms with Crippen molar-refractivity contribution in [1.82, 2.24) is 9.97 Å². The molecule has 0 amide bonds. The van der Waals surface area contributed by atoms with Gasteiger partial charge in [-0.05, 0) is 0 Å². The second kappa shape index (κ2) is 3.83. The van der Waals surface area contributed by atoms with Gasteiger partial charge in [-0.3, -0.25) is 0 Å². The minimum atomic E-state index is 0.675. The molecule has 0 bridgehead atoms. The number of rotatable bonds is 1. The monoisotopic (exact) mass is 196 g/mol. The molecule has 5 heteroatoms. The normalized spacial score (nSPS) is 17.4. The Hall–Kier alpha value is -0.970. The number of hydrogen-bond donors (Lipinski definition) is 1. The Kier molecular flexibility index (Phi) is 2.54. The fourth-order valence-electron chi connectivity index (χ4n) is 1.37. The van der Waals surface area contributed by atoms with E-state index in [4.69, 9.17) is 5.73 Å². The lowest BCUT2D eigenvalue weighted by Gasteiger charge is -2.27. The Morgan fingerprint density at radius 3 is 2.85 bits per heavy atom. The molecule has 0 atom stereocenters. The maximum absolute atomic E-state index is 5.78. The first-order valence-corrected chi connectivity index (χ1v) is 5.41. The Bertz CT molecular complexity index is 285. The largest absolute Gasteiger partial charge is 0.394 e. The first kappa shape index (κ1) is 8.62. The van der Waals surface area contributed by atoms with Gasteiger partial charge in [0, 0.05) is 24.6 Å². The molecule has 0 spiro atoms. The standard InChI is InChI=1S/C8H12N4S/c9-7-5-10-6-11-8(7)12-1-3-13-4-2-12/h5-6H,1-4,9H2. The van der Waals surface area contributed by atoms with E-state index in [2.05, 4.69) is 14.9 Å². The molecule has 2 rings (SSSR count). The Balaban J connectivity index is 2.18. The summed E-state index contributed by atoms with van der Waals surface area (Å²) in [7, 11) is 0. The van der Waals surface area contributed by atoms with E-state index in [0.29, 0.717) is 5.69 Å². The molecule has 1 saturated heterocycles. The molecule has 13 heavy (non-hydrogen) atoms. The van der Waals surface area contributed by atoms with E-state index in [1.54, 1.807) is 12.5 Å². The van der Waals surface area contributed by atoms with Crippen LogP contribution in [0.3, 0.4) is 0 Å². The van der Waals surface area contributed by atoms with Crippen LogP contribution >= 0.6 is 11.8 Å². The molecule has 0 aromatic carbocycles. The molecule has 0 aliphatic carbocycles. The summed E-state index contributed by atoms with van der Waals surface area (Å²) in [6.45, 7) is 2.07. The number of nitrogen functional groups attached to an aromatic ring is 1. The molecule has 1 aromatic rings. The third kappa shape index (κ3) is 1.85. The minimum Gasteiger partial charge on any atom is -0.394 e. The quantitative estimate of drug-likeness (QED) is 0.713. The summed E-state index contributed by atoms with van der Waals surface area (Å²) in [5.74, 6) is 3.20. The molecular formula is C8H12N4S. The van der Waals surface area contributed by atoms with Crippen LogP contribution in [0, 0.1) is 0 Å². The highest BCUT2D eigenvalue weighted by Crippen LogP contribution is 2.21. The van der Waals surface area contributed by atoms with Gasteiger partial charge in [-0.15, -0.1) is 0 Å². The smallest absolute Gasteiger partial charge is 0.155 e. The summed E-state index contributed by atoms with van der Waals surface area (Å²) >= 11 is 1.97. The van der Waals surface area contributed by atoms with E-state index in [0.717, 1.165) is 30.4 Å². The zero-order valence-corrected chi connectivity index (χ0v) is 8.13. The predicted octanol–water partition coefficient (Wildman–Crippen LogP) is 0.612. The SMILES string of the molecule is Nc1cncnc1N1CCSCC1. The van der Waals surface area contributed by atoms with Gasteiger partial charge in [0.05, 0.1) is 11.9 Å². The summed E-state index contributed by atoms with van der Waals surface area (Å²) in [6, 6.07) is 0. The van der Waals surface area contributed by atoms with Crippen molar-refractivity contribution >= 4 is 23.3 Å². The topological polar surface area (TPSA) is 55.0 Å². The summed E-state index contributed by atoms with van der Waals surface area (Å²) in [6.07, 6.45) is 3.21. The summed E-state index contributed by atoms with van der Waals surface area (Å²) < 4.78 is 0. The number of anilines is 2. The zero-order chi connectivity index (χ0) is 9.10. The van der Waals surface area contributed by atoms with Crippen molar-refractivity contribution in [2.45, 2.75) is 0 Å². The lowest BCUT2D eigenvalue weighted by molar-refractivity contribution is 0.837. The van der Waals surface area contributed by atoms with Crippen LogP contribution in [0.1, 0.15) is 0 Å². The van der Waals surface area contributed by atoms with Gasteiger partial charge in [-0.1, -0.05) is 0 Å².